The largest absolute Gasteiger partial charge is 0.330 e. The smallest absolute Gasteiger partial charge is 0.00978 e. The molecular weight excluding hydrogens is 196 g/mol. The quantitative estimate of drug-likeness (QED) is 0.798. The Balaban J connectivity index is 1.79. The normalized spacial score (nSPS) is 34.1. The van der Waals surface area contributed by atoms with Crippen molar-refractivity contribution in [2.24, 2.45) is 17.6 Å². The van der Waals surface area contributed by atoms with E-state index in [4.69, 9.17) is 5.73 Å². The van der Waals surface area contributed by atoms with Gasteiger partial charge in [0.15, 0.2) is 0 Å². The van der Waals surface area contributed by atoms with Gasteiger partial charge in [-0.3, -0.25) is 0 Å². The molecule has 1 saturated heterocycles. The number of nitrogens with zero attached hydrogens (tertiary/aromatic N) is 1. The maximum Gasteiger partial charge on any atom is 0.00978 e. The Morgan fingerprint density at radius 2 is 1.81 bits per heavy atom. The second-order valence-corrected chi connectivity index (χ2v) is 5.81. The highest BCUT2D eigenvalue weighted by Crippen LogP contribution is 2.31. The average Bonchev–Trinajstić information content (AvgIpc) is 2.39. The first-order chi connectivity index (χ1) is 7.83. The summed E-state index contributed by atoms with van der Waals surface area (Å²) in [6.07, 6.45) is 9.91. The van der Waals surface area contributed by atoms with Gasteiger partial charge in [0, 0.05) is 6.04 Å². The lowest BCUT2D eigenvalue weighted by atomic mass is 9.82. The van der Waals surface area contributed by atoms with Gasteiger partial charge in [0.05, 0.1) is 0 Å². The molecule has 0 aromatic rings. The van der Waals surface area contributed by atoms with Gasteiger partial charge in [-0.05, 0) is 57.2 Å². The van der Waals surface area contributed by atoms with Crippen LogP contribution in [0.4, 0.5) is 0 Å². The van der Waals surface area contributed by atoms with Crippen molar-refractivity contribution in [2.75, 3.05) is 19.6 Å². The van der Waals surface area contributed by atoms with Gasteiger partial charge < -0.3 is 10.6 Å². The molecule has 2 rings (SSSR count). The lowest BCUT2D eigenvalue weighted by Gasteiger charge is -2.41. The molecule has 0 radical (unpaired) electrons. The van der Waals surface area contributed by atoms with Crippen LogP contribution in [0.5, 0.6) is 0 Å². The molecule has 1 saturated carbocycles. The van der Waals surface area contributed by atoms with Crippen LogP contribution < -0.4 is 5.73 Å². The van der Waals surface area contributed by atoms with E-state index in [-0.39, 0.29) is 0 Å². The number of nitrogens with two attached hydrogens (primary N) is 1. The van der Waals surface area contributed by atoms with Gasteiger partial charge in [-0.25, -0.2) is 0 Å². The molecule has 94 valence electrons. The van der Waals surface area contributed by atoms with Crippen LogP contribution in [-0.2, 0) is 0 Å². The highest BCUT2D eigenvalue weighted by atomic mass is 15.2. The molecule has 16 heavy (non-hydrogen) atoms. The third-order valence-corrected chi connectivity index (χ3v) is 4.83. The summed E-state index contributed by atoms with van der Waals surface area (Å²) in [4.78, 5) is 2.76. The van der Waals surface area contributed by atoms with Crippen molar-refractivity contribution in [1.82, 2.24) is 4.90 Å². The lowest BCUT2D eigenvalue weighted by molar-refractivity contribution is 0.0902. The van der Waals surface area contributed by atoms with Crippen molar-refractivity contribution in [3.05, 3.63) is 0 Å². The van der Waals surface area contributed by atoms with Crippen molar-refractivity contribution in [3.8, 4) is 0 Å². The fourth-order valence-electron chi connectivity index (χ4n) is 3.52. The van der Waals surface area contributed by atoms with Crippen molar-refractivity contribution in [1.29, 1.82) is 0 Å². The maximum atomic E-state index is 5.75. The summed E-state index contributed by atoms with van der Waals surface area (Å²) < 4.78 is 0. The van der Waals surface area contributed by atoms with E-state index >= 15 is 0 Å². The van der Waals surface area contributed by atoms with Crippen LogP contribution >= 0.6 is 0 Å². The zero-order valence-corrected chi connectivity index (χ0v) is 10.8. The Kier molecular flexibility index (Phi) is 4.66. The van der Waals surface area contributed by atoms with Crippen LogP contribution in [0.25, 0.3) is 0 Å². The summed E-state index contributed by atoms with van der Waals surface area (Å²) in [7, 11) is 0. The van der Waals surface area contributed by atoms with Crippen LogP contribution in [0.1, 0.15) is 51.9 Å². The molecule has 2 heteroatoms. The van der Waals surface area contributed by atoms with Crippen LogP contribution in [0.2, 0.25) is 0 Å². The zero-order valence-electron chi connectivity index (χ0n) is 10.8. The topological polar surface area (TPSA) is 29.3 Å². The molecule has 0 aromatic carbocycles. The van der Waals surface area contributed by atoms with Gasteiger partial charge in [0.1, 0.15) is 0 Å². The Bertz CT molecular complexity index is 197. The van der Waals surface area contributed by atoms with E-state index in [1.54, 1.807) is 0 Å². The first kappa shape index (κ1) is 12.4. The summed E-state index contributed by atoms with van der Waals surface area (Å²) >= 11 is 0. The molecule has 0 spiro atoms. The fraction of sp³-hybridized carbons (Fsp3) is 1.00. The third-order valence-electron chi connectivity index (χ3n) is 4.83. The van der Waals surface area contributed by atoms with E-state index in [1.165, 1.54) is 58.0 Å². The average molecular weight is 224 g/mol. The first-order valence-electron chi connectivity index (χ1n) is 7.27. The van der Waals surface area contributed by atoms with Crippen molar-refractivity contribution in [3.63, 3.8) is 0 Å². The minimum atomic E-state index is 0.807. The van der Waals surface area contributed by atoms with Crippen LogP contribution in [0.15, 0.2) is 0 Å². The summed E-state index contributed by atoms with van der Waals surface area (Å²) in [5, 5.41) is 0. The molecule has 0 bridgehead atoms. The Morgan fingerprint density at radius 3 is 2.44 bits per heavy atom. The minimum Gasteiger partial charge on any atom is -0.330 e. The number of piperidine rings is 1. The lowest BCUT2D eigenvalue weighted by Crippen LogP contribution is -2.44. The molecule has 1 aliphatic carbocycles. The number of rotatable bonds is 3. The molecule has 0 aromatic heterocycles. The SMILES string of the molecule is CCC1CCCC(N2CCC(CN)CC2)C1. The predicted octanol–water partition coefficient (Wildman–Crippen LogP) is 2.63. The fourth-order valence-corrected chi connectivity index (χ4v) is 3.52. The first-order valence-corrected chi connectivity index (χ1v) is 7.27. The third kappa shape index (κ3) is 2.98. The van der Waals surface area contributed by atoms with E-state index in [0.29, 0.717) is 0 Å². The number of hydrogen-bond acceptors (Lipinski definition) is 2. The monoisotopic (exact) mass is 224 g/mol. The van der Waals surface area contributed by atoms with Gasteiger partial charge in [-0.2, -0.15) is 0 Å². The highest BCUT2D eigenvalue weighted by molar-refractivity contribution is 4.83. The van der Waals surface area contributed by atoms with E-state index in [9.17, 15) is 0 Å². The van der Waals surface area contributed by atoms with Gasteiger partial charge in [-0.15, -0.1) is 0 Å². The molecule has 0 amide bonds. The standard InChI is InChI=1S/C14H28N2/c1-2-12-4-3-5-14(10-12)16-8-6-13(11-15)7-9-16/h12-14H,2-11,15H2,1H3. The van der Waals surface area contributed by atoms with Gasteiger partial charge in [0.2, 0.25) is 0 Å². The van der Waals surface area contributed by atoms with Crippen molar-refractivity contribution in [2.45, 2.75) is 57.9 Å². The predicted molar refractivity (Wildman–Crippen MR) is 69.4 cm³/mol. The molecule has 2 aliphatic rings. The van der Waals surface area contributed by atoms with E-state index in [0.717, 1.165) is 24.4 Å². The minimum absolute atomic E-state index is 0.807. The summed E-state index contributed by atoms with van der Waals surface area (Å²) in [5.74, 6) is 1.81. The highest BCUT2D eigenvalue weighted by Gasteiger charge is 2.28. The molecule has 2 fully saturated rings. The van der Waals surface area contributed by atoms with E-state index in [1.807, 2.05) is 0 Å². The molecule has 1 aliphatic heterocycles. The maximum absolute atomic E-state index is 5.75. The molecule has 2 unspecified atom stereocenters. The Hall–Kier alpha value is -0.0800. The molecule has 2 N–H and O–H groups in total. The van der Waals surface area contributed by atoms with Crippen molar-refractivity contribution < 1.29 is 0 Å². The van der Waals surface area contributed by atoms with Gasteiger partial charge >= 0.3 is 0 Å². The van der Waals surface area contributed by atoms with Crippen LogP contribution in [-0.4, -0.2) is 30.6 Å². The summed E-state index contributed by atoms with van der Waals surface area (Å²) in [6, 6.07) is 0.900. The molecule has 2 atom stereocenters. The Morgan fingerprint density at radius 1 is 1.06 bits per heavy atom. The van der Waals surface area contributed by atoms with Gasteiger partial charge in [-0.1, -0.05) is 26.2 Å². The van der Waals surface area contributed by atoms with Crippen LogP contribution in [0, 0.1) is 11.8 Å². The second kappa shape index (κ2) is 6.02. The number of hydrogen-bond donors (Lipinski definition) is 1. The molecule has 2 nitrogen and oxygen atoms in total. The molecule has 1 heterocycles. The zero-order chi connectivity index (χ0) is 11.4. The van der Waals surface area contributed by atoms with Crippen molar-refractivity contribution >= 4 is 0 Å². The summed E-state index contributed by atoms with van der Waals surface area (Å²) in [5.41, 5.74) is 5.75. The van der Waals surface area contributed by atoms with E-state index in [2.05, 4.69) is 11.8 Å². The summed E-state index contributed by atoms with van der Waals surface area (Å²) in [6.45, 7) is 5.87. The number of likely N-dealkylation sites (tertiary alicyclic amines) is 1. The second-order valence-electron chi connectivity index (χ2n) is 5.81. The van der Waals surface area contributed by atoms with Crippen LogP contribution in [0.3, 0.4) is 0 Å². The molecular formula is C14H28N2. The van der Waals surface area contributed by atoms with Gasteiger partial charge in [0.25, 0.3) is 0 Å². The van der Waals surface area contributed by atoms with E-state index < -0.39 is 0 Å². The Labute approximate surface area is 101 Å².